The largest absolute Gasteiger partial charge is 0.330 e. The highest BCUT2D eigenvalue weighted by Gasteiger charge is 2.22. The summed E-state index contributed by atoms with van der Waals surface area (Å²) in [5.41, 5.74) is 0.317. The molecular formula is C10H11ClN6O. The van der Waals surface area contributed by atoms with Crippen LogP contribution in [0.4, 0.5) is 0 Å². The molecule has 1 unspecified atom stereocenters. The van der Waals surface area contributed by atoms with Gasteiger partial charge in [0, 0.05) is 13.2 Å². The maximum atomic E-state index is 12.1. The molecule has 2 heterocycles. The van der Waals surface area contributed by atoms with Crippen LogP contribution in [0, 0.1) is 0 Å². The van der Waals surface area contributed by atoms with E-state index < -0.39 is 0 Å². The molecule has 0 aliphatic heterocycles. The van der Waals surface area contributed by atoms with Crippen LogP contribution in [0.25, 0.3) is 0 Å². The number of tetrazole rings is 1. The van der Waals surface area contributed by atoms with Gasteiger partial charge < -0.3 is 4.90 Å². The quantitative estimate of drug-likeness (QED) is 0.898. The minimum absolute atomic E-state index is 0.232. The van der Waals surface area contributed by atoms with Gasteiger partial charge in [0.1, 0.15) is 5.69 Å². The summed E-state index contributed by atoms with van der Waals surface area (Å²) in [4.78, 5) is 17.6. The van der Waals surface area contributed by atoms with Gasteiger partial charge in [0.2, 0.25) is 0 Å². The summed E-state index contributed by atoms with van der Waals surface area (Å²) in [6, 6.07) is 2.90. The molecule has 2 aromatic rings. The van der Waals surface area contributed by atoms with E-state index in [1.165, 1.54) is 11.1 Å². The minimum Gasteiger partial charge on any atom is -0.330 e. The smallest absolute Gasteiger partial charge is 0.272 e. The van der Waals surface area contributed by atoms with Crippen LogP contribution in [0.5, 0.6) is 0 Å². The molecule has 0 radical (unpaired) electrons. The third-order valence-electron chi connectivity index (χ3n) is 2.58. The predicted molar refractivity (Wildman–Crippen MR) is 63.9 cm³/mol. The van der Waals surface area contributed by atoms with E-state index in [1.807, 2.05) is 0 Å². The molecule has 7 nitrogen and oxygen atoms in total. The Morgan fingerprint density at radius 1 is 1.50 bits per heavy atom. The Labute approximate surface area is 108 Å². The van der Waals surface area contributed by atoms with Crippen LogP contribution in [0.15, 0.2) is 18.3 Å². The van der Waals surface area contributed by atoms with Gasteiger partial charge in [0.25, 0.3) is 5.91 Å². The van der Waals surface area contributed by atoms with E-state index in [1.54, 1.807) is 26.1 Å². The fraction of sp³-hybridized carbons (Fsp3) is 0.300. The molecule has 0 aromatic carbocycles. The van der Waals surface area contributed by atoms with E-state index >= 15 is 0 Å². The SMILES string of the molecule is CC(c1nn[nH]n1)N(C)C(=O)c1ccc(Cl)cn1. The highest BCUT2D eigenvalue weighted by molar-refractivity contribution is 6.30. The Kier molecular flexibility index (Phi) is 3.52. The van der Waals surface area contributed by atoms with Crippen molar-refractivity contribution in [2.24, 2.45) is 0 Å². The van der Waals surface area contributed by atoms with Crippen LogP contribution < -0.4 is 0 Å². The van der Waals surface area contributed by atoms with E-state index in [9.17, 15) is 4.79 Å². The first-order valence-electron chi connectivity index (χ1n) is 5.21. The van der Waals surface area contributed by atoms with Crippen LogP contribution in [-0.2, 0) is 0 Å². The molecule has 0 aliphatic carbocycles. The van der Waals surface area contributed by atoms with Crippen molar-refractivity contribution in [3.05, 3.63) is 34.9 Å². The van der Waals surface area contributed by atoms with Gasteiger partial charge in [0.05, 0.1) is 11.1 Å². The molecule has 0 aliphatic rings. The van der Waals surface area contributed by atoms with Crippen LogP contribution in [0.2, 0.25) is 5.02 Å². The highest BCUT2D eigenvalue weighted by Crippen LogP contribution is 2.16. The number of hydrogen-bond donors (Lipinski definition) is 1. The Balaban J connectivity index is 2.16. The van der Waals surface area contributed by atoms with Gasteiger partial charge in [-0.05, 0) is 19.1 Å². The normalized spacial score (nSPS) is 12.2. The van der Waals surface area contributed by atoms with Crippen molar-refractivity contribution in [1.29, 1.82) is 0 Å². The minimum atomic E-state index is -0.297. The Bertz CT molecular complexity index is 526. The Morgan fingerprint density at radius 3 is 2.83 bits per heavy atom. The van der Waals surface area contributed by atoms with Crippen molar-refractivity contribution < 1.29 is 4.79 Å². The highest BCUT2D eigenvalue weighted by atomic mass is 35.5. The second-order valence-corrected chi connectivity index (χ2v) is 4.16. The summed E-state index contributed by atoms with van der Waals surface area (Å²) < 4.78 is 0. The van der Waals surface area contributed by atoms with Gasteiger partial charge in [-0.15, -0.1) is 10.2 Å². The number of rotatable bonds is 3. The molecule has 2 aromatic heterocycles. The third-order valence-corrected chi connectivity index (χ3v) is 2.81. The standard InChI is InChI=1S/C10H11ClN6O/c1-6(9-13-15-16-14-9)17(2)10(18)8-4-3-7(11)5-12-8/h3-6H,1-2H3,(H,13,14,15,16). The first kappa shape index (κ1) is 12.4. The van der Waals surface area contributed by atoms with E-state index in [-0.39, 0.29) is 11.9 Å². The molecule has 0 fully saturated rings. The van der Waals surface area contributed by atoms with Crippen LogP contribution in [-0.4, -0.2) is 43.5 Å². The molecule has 18 heavy (non-hydrogen) atoms. The van der Waals surface area contributed by atoms with E-state index in [2.05, 4.69) is 25.6 Å². The molecule has 2 rings (SSSR count). The zero-order valence-electron chi connectivity index (χ0n) is 9.83. The number of aromatic amines is 1. The predicted octanol–water partition coefficient (Wildman–Crippen LogP) is 1.08. The number of nitrogens with zero attached hydrogens (tertiary/aromatic N) is 5. The number of H-pyrrole nitrogens is 1. The summed E-state index contributed by atoms with van der Waals surface area (Å²) in [5.74, 6) is 0.212. The molecule has 0 bridgehead atoms. The van der Waals surface area contributed by atoms with Crippen molar-refractivity contribution >= 4 is 17.5 Å². The van der Waals surface area contributed by atoms with Gasteiger partial charge in [-0.3, -0.25) is 4.79 Å². The topological polar surface area (TPSA) is 87.7 Å². The second kappa shape index (κ2) is 5.09. The zero-order chi connectivity index (χ0) is 13.1. The average molecular weight is 267 g/mol. The lowest BCUT2D eigenvalue weighted by molar-refractivity contribution is 0.0730. The lowest BCUT2D eigenvalue weighted by atomic mass is 10.2. The van der Waals surface area contributed by atoms with E-state index in [0.717, 1.165) is 0 Å². The fourth-order valence-electron chi connectivity index (χ4n) is 1.38. The van der Waals surface area contributed by atoms with Crippen LogP contribution >= 0.6 is 11.6 Å². The number of nitrogens with one attached hydrogen (secondary N) is 1. The number of hydrogen-bond acceptors (Lipinski definition) is 5. The van der Waals surface area contributed by atoms with Gasteiger partial charge in [-0.1, -0.05) is 16.8 Å². The first-order chi connectivity index (χ1) is 8.59. The molecule has 94 valence electrons. The lowest BCUT2D eigenvalue weighted by Gasteiger charge is -2.21. The molecule has 1 N–H and O–H groups in total. The fourth-order valence-corrected chi connectivity index (χ4v) is 1.49. The summed E-state index contributed by atoms with van der Waals surface area (Å²) in [6.07, 6.45) is 1.43. The molecule has 0 saturated carbocycles. The summed E-state index contributed by atoms with van der Waals surface area (Å²) in [6.45, 7) is 1.80. The molecule has 1 atom stereocenters. The van der Waals surface area contributed by atoms with Crippen molar-refractivity contribution in [2.45, 2.75) is 13.0 Å². The third kappa shape index (κ3) is 2.45. The number of amides is 1. The van der Waals surface area contributed by atoms with E-state index in [4.69, 9.17) is 11.6 Å². The van der Waals surface area contributed by atoms with Crippen molar-refractivity contribution in [2.75, 3.05) is 7.05 Å². The van der Waals surface area contributed by atoms with Gasteiger partial charge in [-0.25, -0.2) is 4.98 Å². The molecule has 1 amide bonds. The van der Waals surface area contributed by atoms with Gasteiger partial charge in [-0.2, -0.15) is 5.21 Å². The van der Waals surface area contributed by atoms with Crippen molar-refractivity contribution in [3.63, 3.8) is 0 Å². The zero-order valence-corrected chi connectivity index (χ0v) is 10.6. The maximum Gasteiger partial charge on any atom is 0.272 e. The van der Waals surface area contributed by atoms with E-state index in [0.29, 0.717) is 16.5 Å². The Morgan fingerprint density at radius 2 is 2.28 bits per heavy atom. The van der Waals surface area contributed by atoms with Crippen molar-refractivity contribution in [1.82, 2.24) is 30.5 Å². The number of halogens is 1. The summed E-state index contributed by atoms with van der Waals surface area (Å²) in [7, 11) is 1.65. The summed E-state index contributed by atoms with van der Waals surface area (Å²) in [5, 5.41) is 14.0. The molecular weight excluding hydrogens is 256 g/mol. The first-order valence-corrected chi connectivity index (χ1v) is 5.59. The second-order valence-electron chi connectivity index (χ2n) is 3.72. The number of aromatic nitrogens is 5. The van der Waals surface area contributed by atoms with Crippen LogP contribution in [0.1, 0.15) is 29.3 Å². The average Bonchev–Trinajstić information content (AvgIpc) is 2.91. The monoisotopic (exact) mass is 266 g/mol. The number of carbonyl (C=O) groups is 1. The Hall–Kier alpha value is -2.02. The van der Waals surface area contributed by atoms with Gasteiger partial charge >= 0.3 is 0 Å². The lowest BCUT2D eigenvalue weighted by Crippen LogP contribution is -2.30. The maximum absolute atomic E-state index is 12.1. The van der Waals surface area contributed by atoms with Crippen LogP contribution in [0.3, 0.4) is 0 Å². The number of carbonyl (C=O) groups excluding carboxylic acids is 1. The number of pyridine rings is 1. The van der Waals surface area contributed by atoms with Crippen molar-refractivity contribution in [3.8, 4) is 0 Å². The summed E-state index contributed by atoms with van der Waals surface area (Å²) >= 11 is 5.72. The van der Waals surface area contributed by atoms with Gasteiger partial charge in [0.15, 0.2) is 5.82 Å². The molecule has 0 spiro atoms. The molecule has 0 saturated heterocycles. The molecule has 8 heteroatoms.